The molecule has 1 rings (SSSR count). The second-order valence-corrected chi connectivity index (χ2v) is 3.58. The Kier molecular flexibility index (Phi) is 4.10. The van der Waals surface area contributed by atoms with Crippen LogP contribution in [0.1, 0.15) is 35.7 Å². The molecule has 2 nitrogen and oxygen atoms in total. The van der Waals surface area contributed by atoms with E-state index in [9.17, 15) is 9.90 Å². The molecule has 1 aromatic rings. The van der Waals surface area contributed by atoms with Gasteiger partial charge in [0.05, 0.1) is 5.56 Å². The SMILES string of the molecule is CCC/C=C/C(=O)c1cc(C)ccc1O. The molecule has 0 atom stereocenters. The first kappa shape index (κ1) is 11.5. The van der Waals surface area contributed by atoms with Crippen molar-refractivity contribution in [3.05, 3.63) is 41.5 Å². The highest BCUT2D eigenvalue weighted by Gasteiger charge is 2.07. The third-order valence-corrected chi connectivity index (χ3v) is 2.14. The van der Waals surface area contributed by atoms with E-state index >= 15 is 0 Å². The first-order chi connectivity index (χ1) is 7.15. The molecule has 2 heteroatoms. The van der Waals surface area contributed by atoms with Crippen molar-refractivity contribution >= 4 is 5.78 Å². The Morgan fingerprint density at radius 3 is 2.87 bits per heavy atom. The van der Waals surface area contributed by atoms with E-state index < -0.39 is 0 Å². The number of unbranched alkanes of at least 4 members (excludes halogenated alkanes) is 1. The first-order valence-corrected chi connectivity index (χ1v) is 5.15. The van der Waals surface area contributed by atoms with Gasteiger partial charge in [0.2, 0.25) is 0 Å². The van der Waals surface area contributed by atoms with Crippen LogP contribution >= 0.6 is 0 Å². The van der Waals surface area contributed by atoms with Gasteiger partial charge in [-0.15, -0.1) is 0 Å². The number of phenols is 1. The van der Waals surface area contributed by atoms with E-state index in [1.165, 1.54) is 6.08 Å². The highest BCUT2D eigenvalue weighted by atomic mass is 16.3. The zero-order valence-electron chi connectivity index (χ0n) is 9.16. The summed E-state index contributed by atoms with van der Waals surface area (Å²) in [6.45, 7) is 3.95. The van der Waals surface area contributed by atoms with Crippen LogP contribution in [0.4, 0.5) is 0 Å². The summed E-state index contributed by atoms with van der Waals surface area (Å²) in [7, 11) is 0. The van der Waals surface area contributed by atoms with E-state index in [0.29, 0.717) is 5.56 Å². The number of carbonyl (C=O) groups is 1. The molecular weight excluding hydrogens is 188 g/mol. The summed E-state index contributed by atoms with van der Waals surface area (Å²) in [5.41, 5.74) is 1.35. The molecule has 0 heterocycles. The van der Waals surface area contributed by atoms with Gasteiger partial charge in [0.15, 0.2) is 5.78 Å². The number of aryl methyl sites for hydroxylation is 1. The van der Waals surface area contributed by atoms with Crippen molar-refractivity contribution in [1.82, 2.24) is 0 Å². The molecule has 0 amide bonds. The summed E-state index contributed by atoms with van der Waals surface area (Å²) in [5.74, 6) is -0.0867. The fraction of sp³-hybridized carbons (Fsp3) is 0.308. The minimum atomic E-state index is -0.135. The van der Waals surface area contributed by atoms with Gasteiger partial charge in [-0.05, 0) is 31.6 Å². The van der Waals surface area contributed by atoms with Gasteiger partial charge in [-0.2, -0.15) is 0 Å². The Balaban J connectivity index is 2.86. The number of rotatable bonds is 4. The van der Waals surface area contributed by atoms with Crippen LogP contribution in [0.5, 0.6) is 5.75 Å². The fourth-order valence-corrected chi connectivity index (χ4v) is 1.29. The van der Waals surface area contributed by atoms with Crippen LogP contribution in [0, 0.1) is 6.92 Å². The highest BCUT2D eigenvalue weighted by Crippen LogP contribution is 2.19. The number of hydrogen-bond donors (Lipinski definition) is 1. The zero-order valence-corrected chi connectivity index (χ0v) is 9.16. The third kappa shape index (κ3) is 3.24. The number of ketones is 1. The lowest BCUT2D eigenvalue weighted by molar-refractivity contribution is 0.104. The summed E-state index contributed by atoms with van der Waals surface area (Å²) < 4.78 is 0. The molecule has 0 aromatic heterocycles. The second kappa shape index (κ2) is 5.35. The summed E-state index contributed by atoms with van der Waals surface area (Å²) in [6, 6.07) is 5.03. The highest BCUT2D eigenvalue weighted by molar-refractivity contribution is 6.06. The zero-order chi connectivity index (χ0) is 11.3. The van der Waals surface area contributed by atoms with Crippen LogP contribution in [0.15, 0.2) is 30.4 Å². The van der Waals surface area contributed by atoms with Crippen molar-refractivity contribution < 1.29 is 9.90 Å². The average molecular weight is 204 g/mol. The average Bonchev–Trinajstić information content (AvgIpc) is 2.22. The predicted molar refractivity (Wildman–Crippen MR) is 61.2 cm³/mol. The van der Waals surface area contributed by atoms with Gasteiger partial charge in [0, 0.05) is 0 Å². The van der Waals surface area contributed by atoms with Gasteiger partial charge in [0.1, 0.15) is 5.75 Å². The Morgan fingerprint density at radius 1 is 1.47 bits per heavy atom. The molecule has 80 valence electrons. The lowest BCUT2D eigenvalue weighted by Crippen LogP contribution is -1.95. The number of aromatic hydroxyl groups is 1. The molecule has 0 aliphatic carbocycles. The molecule has 15 heavy (non-hydrogen) atoms. The van der Waals surface area contributed by atoms with E-state index in [1.54, 1.807) is 18.2 Å². The molecular formula is C13H16O2. The van der Waals surface area contributed by atoms with Gasteiger partial charge in [-0.3, -0.25) is 4.79 Å². The molecule has 0 radical (unpaired) electrons. The molecule has 0 unspecified atom stereocenters. The van der Waals surface area contributed by atoms with E-state index in [1.807, 2.05) is 13.0 Å². The van der Waals surface area contributed by atoms with Crippen molar-refractivity contribution in [1.29, 1.82) is 0 Å². The fourth-order valence-electron chi connectivity index (χ4n) is 1.29. The maximum atomic E-state index is 11.6. The Morgan fingerprint density at radius 2 is 2.20 bits per heavy atom. The number of phenolic OH excluding ortho intramolecular Hbond substituents is 1. The van der Waals surface area contributed by atoms with Crippen LogP contribution in [-0.2, 0) is 0 Å². The maximum absolute atomic E-state index is 11.6. The van der Waals surface area contributed by atoms with E-state index in [2.05, 4.69) is 6.92 Å². The van der Waals surface area contributed by atoms with Gasteiger partial charge >= 0.3 is 0 Å². The second-order valence-electron chi connectivity index (χ2n) is 3.58. The molecule has 0 aliphatic heterocycles. The Bertz CT molecular complexity index is 378. The summed E-state index contributed by atoms with van der Waals surface area (Å²) in [5, 5.41) is 9.51. The number of benzene rings is 1. The standard InChI is InChI=1S/C13H16O2/c1-3-4-5-6-12(14)11-9-10(2)7-8-13(11)15/h5-9,15H,3-4H2,1-2H3/b6-5+. The van der Waals surface area contributed by atoms with Crippen molar-refractivity contribution in [2.75, 3.05) is 0 Å². The van der Waals surface area contributed by atoms with Gasteiger partial charge in [-0.1, -0.05) is 31.1 Å². The van der Waals surface area contributed by atoms with Gasteiger partial charge < -0.3 is 5.11 Å². The molecule has 0 aliphatic rings. The lowest BCUT2D eigenvalue weighted by atomic mass is 10.1. The van der Waals surface area contributed by atoms with E-state index in [-0.39, 0.29) is 11.5 Å². The largest absolute Gasteiger partial charge is 0.507 e. The van der Waals surface area contributed by atoms with E-state index in [4.69, 9.17) is 0 Å². The van der Waals surface area contributed by atoms with Gasteiger partial charge in [0.25, 0.3) is 0 Å². The maximum Gasteiger partial charge on any atom is 0.189 e. The molecule has 0 fully saturated rings. The molecule has 0 saturated carbocycles. The molecule has 0 spiro atoms. The smallest absolute Gasteiger partial charge is 0.189 e. The van der Waals surface area contributed by atoms with Crippen LogP contribution in [0.25, 0.3) is 0 Å². The topological polar surface area (TPSA) is 37.3 Å². The Hall–Kier alpha value is -1.57. The quantitative estimate of drug-likeness (QED) is 0.604. The summed E-state index contributed by atoms with van der Waals surface area (Å²) in [4.78, 5) is 11.6. The van der Waals surface area contributed by atoms with Crippen molar-refractivity contribution in [2.45, 2.75) is 26.7 Å². The first-order valence-electron chi connectivity index (χ1n) is 5.15. The van der Waals surface area contributed by atoms with Crippen LogP contribution in [0.3, 0.4) is 0 Å². The third-order valence-electron chi connectivity index (χ3n) is 2.14. The minimum absolute atomic E-state index is 0.0479. The van der Waals surface area contributed by atoms with Crippen LogP contribution < -0.4 is 0 Å². The number of allylic oxidation sites excluding steroid dienone is 2. The van der Waals surface area contributed by atoms with Crippen molar-refractivity contribution in [3.8, 4) is 5.75 Å². The van der Waals surface area contributed by atoms with Crippen LogP contribution in [-0.4, -0.2) is 10.9 Å². The van der Waals surface area contributed by atoms with E-state index in [0.717, 1.165) is 18.4 Å². The molecule has 1 N–H and O–H groups in total. The van der Waals surface area contributed by atoms with Crippen molar-refractivity contribution in [3.63, 3.8) is 0 Å². The molecule has 1 aromatic carbocycles. The van der Waals surface area contributed by atoms with Crippen LogP contribution in [0.2, 0.25) is 0 Å². The summed E-state index contributed by atoms with van der Waals surface area (Å²) in [6.07, 6.45) is 5.27. The molecule has 0 bridgehead atoms. The predicted octanol–water partition coefficient (Wildman–Crippen LogP) is 3.24. The van der Waals surface area contributed by atoms with Crippen molar-refractivity contribution in [2.24, 2.45) is 0 Å². The monoisotopic (exact) mass is 204 g/mol. The summed E-state index contributed by atoms with van der Waals surface area (Å²) >= 11 is 0. The lowest BCUT2D eigenvalue weighted by Gasteiger charge is -2.01. The number of hydrogen-bond acceptors (Lipinski definition) is 2. The Labute approximate surface area is 90.3 Å². The molecule has 0 saturated heterocycles. The number of carbonyl (C=O) groups excluding carboxylic acids is 1. The minimum Gasteiger partial charge on any atom is -0.507 e. The van der Waals surface area contributed by atoms with Gasteiger partial charge in [-0.25, -0.2) is 0 Å². The normalized spacial score (nSPS) is 10.8.